The van der Waals surface area contributed by atoms with Gasteiger partial charge in [0.2, 0.25) is 0 Å². The van der Waals surface area contributed by atoms with Crippen molar-refractivity contribution in [2.45, 2.75) is 6.92 Å². The van der Waals surface area contributed by atoms with Gasteiger partial charge in [0.05, 0.1) is 11.9 Å². The van der Waals surface area contributed by atoms with Crippen molar-refractivity contribution in [2.75, 3.05) is 6.26 Å². The Bertz CT molecular complexity index is 502. The van der Waals surface area contributed by atoms with Gasteiger partial charge in [0.1, 0.15) is 0 Å². The largest absolute Gasteiger partial charge is 0.370 e. The Morgan fingerprint density at radius 3 is 2.29 bits per heavy atom. The molecular weight excluding hydrogens is 266 g/mol. The van der Waals surface area contributed by atoms with E-state index in [1.165, 1.54) is 0 Å². The summed E-state index contributed by atoms with van der Waals surface area (Å²) in [6.45, 7) is 1.91. The van der Waals surface area contributed by atoms with Crippen LogP contribution in [0.2, 0.25) is 5.02 Å². The van der Waals surface area contributed by atoms with Gasteiger partial charge in [-0.1, -0.05) is 17.7 Å². The van der Waals surface area contributed by atoms with Crippen LogP contribution in [-0.2, 0) is 10.1 Å². The van der Waals surface area contributed by atoms with Gasteiger partial charge in [0.15, 0.2) is 5.96 Å². The maximum Gasteiger partial charge on any atom is 0.261 e. The molecule has 0 aromatic heterocycles. The van der Waals surface area contributed by atoms with E-state index in [1.54, 1.807) is 12.1 Å². The topological polar surface area (TPSA) is 119 Å². The zero-order valence-electron chi connectivity index (χ0n) is 9.38. The van der Waals surface area contributed by atoms with Crippen LogP contribution in [0.3, 0.4) is 0 Å². The third-order valence-electron chi connectivity index (χ3n) is 1.42. The molecule has 17 heavy (non-hydrogen) atoms. The summed E-state index contributed by atoms with van der Waals surface area (Å²) >= 11 is 5.75. The van der Waals surface area contributed by atoms with Crippen LogP contribution in [0.1, 0.15) is 5.56 Å². The second kappa shape index (κ2) is 6.43. The molecule has 0 unspecified atom stereocenters. The Balaban J connectivity index is 0.000000437. The molecule has 0 radical (unpaired) electrons. The number of aryl methyl sites for hydroxylation is 1. The van der Waals surface area contributed by atoms with Crippen molar-refractivity contribution in [1.82, 2.24) is 0 Å². The molecule has 0 fully saturated rings. The van der Waals surface area contributed by atoms with Crippen LogP contribution in [0.4, 0.5) is 5.69 Å². The first kappa shape index (κ1) is 15.7. The van der Waals surface area contributed by atoms with E-state index >= 15 is 0 Å². The van der Waals surface area contributed by atoms with E-state index in [0.717, 1.165) is 5.56 Å². The van der Waals surface area contributed by atoms with E-state index in [4.69, 9.17) is 27.6 Å². The van der Waals surface area contributed by atoms with E-state index in [-0.39, 0.29) is 5.96 Å². The second-order valence-electron chi connectivity index (χ2n) is 3.20. The predicted octanol–water partition coefficient (Wildman–Crippen LogP) is 1.06. The summed E-state index contributed by atoms with van der Waals surface area (Å²) in [4.78, 5) is 3.91. The minimum Gasteiger partial charge on any atom is -0.370 e. The number of nitrogens with zero attached hydrogens (tertiary/aromatic N) is 1. The van der Waals surface area contributed by atoms with Crippen molar-refractivity contribution in [1.29, 1.82) is 0 Å². The Morgan fingerprint density at radius 2 is 1.88 bits per heavy atom. The Morgan fingerprint density at radius 1 is 1.41 bits per heavy atom. The fraction of sp³-hybridized carbons (Fsp3) is 0.222. The fourth-order valence-electron chi connectivity index (χ4n) is 0.842. The number of hydrogen-bond acceptors (Lipinski definition) is 3. The van der Waals surface area contributed by atoms with Crippen LogP contribution < -0.4 is 11.5 Å². The zero-order chi connectivity index (χ0) is 13.6. The zero-order valence-corrected chi connectivity index (χ0v) is 11.0. The van der Waals surface area contributed by atoms with Crippen LogP contribution in [0.5, 0.6) is 0 Å². The average molecular weight is 280 g/mol. The lowest BCUT2D eigenvalue weighted by Crippen LogP contribution is -2.21. The Hall–Kier alpha value is -1.31. The summed E-state index contributed by atoms with van der Waals surface area (Å²) in [5.41, 5.74) is 12.2. The van der Waals surface area contributed by atoms with Gasteiger partial charge >= 0.3 is 0 Å². The summed E-state index contributed by atoms with van der Waals surface area (Å²) in [6, 6.07) is 5.38. The van der Waals surface area contributed by atoms with Crippen LogP contribution in [-0.4, -0.2) is 25.2 Å². The monoisotopic (exact) mass is 279 g/mol. The Labute approximate surface area is 105 Å². The molecule has 0 aliphatic carbocycles. The first-order valence-electron chi connectivity index (χ1n) is 4.38. The normalized spacial score (nSPS) is 10.1. The highest BCUT2D eigenvalue weighted by Gasteiger charge is 1.96. The summed E-state index contributed by atoms with van der Waals surface area (Å²) in [7, 11) is -3.67. The van der Waals surface area contributed by atoms with Gasteiger partial charge in [-0.2, -0.15) is 8.42 Å². The number of nitrogens with two attached hydrogens (primary N) is 2. The molecule has 0 spiro atoms. The number of hydrogen-bond donors (Lipinski definition) is 3. The molecule has 6 nitrogen and oxygen atoms in total. The average Bonchev–Trinajstić information content (AvgIpc) is 2.07. The van der Waals surface area contributed by atoms with Crippen molar-refractivity contribution >= 4 is 33.4 Å². The number of benzene rings is 1. The standard InChI is InChI=1S/C8H10ClN3.CH4O3S/c1-5-2-3-6(9)4-7(5)12-8(10)11;1-5(2,3)4/h2-4H,1H3,(H4,10,11,12);1H3,(H,2,3,4). The molecule has 0 amide bonds. The van der Waals surface area contributed by atoms with Crippen molar-refractivity contribution in [3.63, 3.8) is 0 Å². The van der Waals surface area contributed by atoms with Gasteiger partial charge in [-0.3, -0.25) is 4.55 Å². The molecule has 0 aliphatic heterocycles. The molecule has 0 aliphatic rings. The quantitative estimate of drug-likeness (QED) is 0.403. The van der Waals surface area contributed by atoms with E-state index in [1.807, 2.05) is 13.0 Å². The highest BCUT2D eigenvalue weighted by Crippen LogP contribution is 2.22. The number of rotatable bonds is 1. The van der Waals surface area contributed by atoms with Gasteiger partial charge in [-0.15, -0.1) is 0 Å². The lowest BCUT2D eigenvalue weighted by molar-refractivity contribution is 0.490. The smallest absolute Gasteiger partial charge is 0.261 e. The van der Waals surface area contributed by atoms with Gasteiger partial charge in [0.25, 0.3) is 10.1 Å². The van der Waals surface area contributed by atoms with Gasteiger partial charge in [-0.05, 0) is 24.6 Å². The van der Waals surface area contributed by atoms with Crippen molar-refractivity contribution in [3.8, 4) is 0 Å². The predicted molar refractivity (Wildman–Crippen MR) is 69.1 cm³/mol. The fourth-order valence-corrected chi connectivity index (χ4v) is 1.01. The molecule has 0 heterocycles. The molecule has 8 heteroatoms. The van der Waals surface area contributed by atoms with Gasteiger partial charge < -0.3 is 11.5 Å². The van der Waals surface area contributed by atoms with Crippen LogP contribution in [0.25, 0.3) is 0 Å². The van der Waals surface area contributed by atoms with Gasteiger partial charge in [0, 0.05) is 5.02 Å². The molecule has 5 N–H and O–H groups in total. The van der Waals surface area contributed by atoms with Crippen molar-refractivity contribution in [2.24, 2.45) is 16.5 Å². The SMILES string of the molecule is CS(=O)(=O)O.Cc1ccc(Cl)cc1N=C(N)N. The van der Waals surface area contributed by atoms with Crippen LogP contribution in [0.15, 0.2) is 23.2 Å². The minimum absolute atomic E-state index is 0.0420. The van der Waals surface area contributed by atoms with E-state index in [0.29, 0.717) is 17.0 Å². The first-order chi connectivity index (χ1) is 7.59. The number of halogens is 1. The molecule has 96 valence electrons. The molecule has 0 saturated carbocycles. The Kier molecular flexibility index (Phi) is 5.94. The summed E-state index contributed by atoms with van der Waals surface area (Å²) in [5.74, 6) is 0.0420. The highest BCUT2D eigenvalue weighted by molar-refractivity contribution is 7.85. The molecule has 0 saturated heterocycles. The molecule has 1 aromatic carbocycles. The summed E-state index contributed by atoms with van der Waals surface area (Å²) in [6.07, 6.45) is 0.715. The van der Waals surface area contributed by atoms with E-state index in [2.05, 4.69) is 4.99 Å². The van der Waals surface area contributed by atoms with Crippen LogP contribution in [0, 0.1) is 6.92 Å². The van der Waals surface area contributed by atoms with E-state index < -0.39 is 10.1 Å². The molecular formula is C9H14ClN3O3S. The first-order valence-corrected chi connectivity index (χ1v) is 6.60. The molecule has 0 atom stereocenters. The maximum atomic E-state index is 9.19. The van der Waals surface area contributed by atoms with Crippen LogP contribution >= 0.6 is 11.6 Å². The maximum absolute atomic E-state index is 9.19. The summed E-state index contributed by atoms with van der Waals surface area (Å²) < 4.78 is 25.9. The second-order valence-corrected chi connectivity index (χ2v) is 5.10. The summed E-state index contributed by atoms with van der Waals surface area (Å²) in [5, 5.41) is 0.626. The van der Waals surface area contributed by atoms with Gasteiger partial charge in [-0.25, -0.2) is 4.99 Å². The lowest BCUT2D eigenvalue weighted by atomic mass is 10.2. The number of aliphatic imine (C=N–C) groups is 1. The molecule has 1 aromatic rings. The van der Waals surface area contributed by atoms with E-state index in [9.17, 15) is 8.42 Å². The van der Waals surface area contributed by atoms with Crippen molar-refractivity contribution in [3.05, 3.63) is 28.8 Å². The highest BCUT2D eigenvalue weighted by atomic mass is 35.5. The third kappa shape index (κ3) is 9.61. The molecule has 1 rings (SSSR count). The minimum atomic E-state index is -3.67. The van der Waals surface area contributed by atoms with Crippen molar-refractivity contribution < 1.29 is 13.0 Å². The molecule has 0 bridgehead atoms. The lowest BCUT2D eigenvalue weighted by Gasteiger charge is -2.00. The number of guanidine groups is 1. The third-order valence-corrected chi connectivity index (χ3v) is 1.66.